The van der Waals surface area contributed by atoms with Crippen molar-refractivity contribution < 1.29 is 0 Å². The third-order valence-electron chi connectivity index (χ3n) is 3.44. The van der Waals surface area contributed by atoms with Gasteiger partial charge in [0, 0.05) is 18.3 Å². The molecule has 3 aromatic rings. The zero-order valence-corrected chi connectivity index (χ0v) is 11.1. The molecule has 0 unspecified atom stereocenters. The van der Waals surface area contributed by atoms with Crippen LogP contribution in [0.25, 0.3) is 22.0 Å². The van der Waals surface area contributed by atoms with Crippen molar-refractivity contribution in [1.29, 1.82) is 0 Å². The Hall–Kier alpha value is -2.43. The predicted molar refractivity (Wildman–Crippen MR) is 74.0 cm³/mol. The molecule has 5 heteroatoms. The average molecular weight is 254 g/mol. The van der Waals surface area contributed by atoms with Crippen molar-refractivity contribution >= 4 is 10.9 Å². The van der Waals surface area contributed by atoms with Crippen LogP contribution < -0.4 is 5.56 Å². The molecule has 0 aliphatic rings. The molecule has 0 spiro atoms. The number of H-pyrrole nitrogens is 1. The first-order valence-corrected chi connectivity index (χ1v) is 6.06. The van der Waals surface area contributed by atoms with Crippen LogP contribution in [0.2, 0.25) is 0 Å². The maximum Gasteiger partial charge on any atom is 0.258 e. The van der Waals surface area contributed by atoms with Gasteiger partial charge in [0.05, 0.1) is 22.9 Å². The van der Waals surface area contributed by atoms with Gasteiger partial charge in [0.25, 0.3) is 5.56 Å². The highest BCUT2D eigenvalue weighted by Crippen LogP contribution is 2.27. The van der Waals surface area contributed by atoms with Crippen LogP contribution in [0, 0.1) is 13.8 Å². The average Bonchev–Trinajstić information content (AvgIpc) is 2.64. The second-order valence-electron chi connectivity index (χ2n) is 4.63. The van der Waals surface area contributed by atoms with Crippen molar-refractivity contribution in [2.24, 2.45) is 7.05 Å². The molecule has 19 heavy (non-hydrogen) atoms. The molecule has 0 amide bonds. The number of hydrogen-bond acceptors (Lipinski definition) is 3. The Kier molecular flexibility index (Phi) is 2.48. The van der Waals surface area contributed by atoms with Crippen molar-refractivity contribution in [2.75, 3.05) is 0 Å². The molecule has 0 atom stereocenters. The lowest BCUT2D eigenvalue weighted by Gasteiger charge is -2.04. The van der Waals surface area contributed by atoms with E-state index >= 15 is 0 Å². The minimum atomic E-state index is -0.119. The van der Waals surface area contributed by atoms with Gasteiger partial charge in [0.15, 0.2) is 0 Å². The zero-order chi connectivity index (χ0) is 13.6. The third-order valence-corrected chi connectivity index (χ3v) is 3.44. The van der Waals surface area contributed by atoms with Crippen LogP contribution in [0.15, 0.2) is 29.3 Å². The van der Waals surface area contributed by atoms with E-state index in [4.69, 9.17) is 0 Å². The van der Waals surface area contributed by atoms with E-state index in [1.807, 2.05) is 43.8 Å². The molecule has 0 aliphatic carbocycles. The fourth-order valence-corrected chi connectivity index (χ4v) is 2.42. The predicted octanol–water partition coefficient (Wildman–Crippen LogP) is 1.94. The van der Waals surface area contributed by atoms with Crippen LogP contribution in [-0.2, 0) is 7.05 Å². The number of rotatable bonds is 1. The quantitative estimate of drug-likeness (QED) is 0.721. The number of aromatic nitrogens is 4. The summed E-state index contributed by atoms with van der Waals surface area (Å²) in [6.45, 7) is 3.99. The number of fused-ring (bicyclic) bond motifs is 1. The van der Waals surface area contributed by atoms with Gasteiger partial charge in [-0.15, -0.1) is 0 Å². The monoisotopic (exact) mass is 254 g/mol. The van der Waals surface area contributed by atoms with Gasteiger partial charge < -0.3 is 4.98 Å². The van der Waals surface area contributed by atoms with Crippen LogP contribution in [0.5, 0.6) is 0 Å². The molecule has 0 aliphatic heterocycles. The Morgan fingerprint density at radius 1 is 1.26 bits per heavy atom. The second-order valence-corrected chi connectivity index (χ2v) is 4.63. The van der Waals surface area contributed by atoms with Crippen LogP contribution in [0.3, 0.4) is 0 Å². The molecule has 2 aromatic heterocycles. The smallest absolute Gasteiger partial charge is 0.258 e. The Labute approximate surface area is 109 Å². The first kappa shape index (κ1) is 11.6. The summed E-state index contributed by atoms with van der Waals surface area (Å²) in [5.41, 5.74) is 4.69. The normalized spacial score (nSPS) is 11.1. The molecular formula is C14H14N4O. The van der Waals surface area contributed by atoms with Crippen LogP contribution in [0.1, 0.15) is 11.4 Å². The highest BCUT2D eigenvalue weighted by atomic mass is 16.1. The molecule has 0 saturated carbocycles. The highest BCUT2D eigenvalue weighted by molar-refractivity contribution is 5.84. The summed E-state index contributed by atoms with van der Waals surface area (Å²) in [5.74, 6) is 0. The van der Waals surface area contributed by atoms with Gasteiger partial charge in [-0.05, 0) is 31.5 Å². The fraction of sp³-hybridized carbons (Fsp3) is 0.214. The van der Waals surface area contributed by atoms with E-state index < -0.39 is 0 Å². The summed E-state index contributed by atoms with van der Waals surface area (Å²) in [5, 5.41) is 5.00. The van der Waals surface area contributed by atoms with E-state index in [1.54, 1.807) is 0 Å². The lowest BCUT2D eigenvalue weighted by molar-refractivity contribution is 0.731. The lowest BCUT2D eigenvalue weighted by atomic mass is 10.0. The van der Waals surface area contributed by atoms with Gasteiger partial charge >= 0.3 is 0 Å². The Morgan fingerprint density at radius 2 is 2.05 bits per heavy atom. The van der Waals surface area contributed by atoms with Gasteiger partial charge in [0.1, 0.15) is 0 Å². The largest absolute Gasteiger partial charge is 0.313 e. The summed E-state index contributed by atoms with van der Waals surface area (Å²) < 4.78 is 1.85. The molecule has 0 bridgehead atoms. The summed E-state index contributed by atoms with van der Waals surface area (Å²) in [4.78, 5) is 18.6. The lowest BCUT2D eigenvalue weighted by Crippen LogP contribution is -2.06. The number of aromatic amines is 1. The number of benzene rings is 1. The molecule has 0 saturated heterocycles. The Morgan fingerprint density at radius 3 is 2.74 bits per heavy atom. The standard InChI is InChI=1S/C14H14N4O/c1-8-13(9(2)18(3)17-8)10-4-5-12-11(6-10)14(19)16-7-15-12/h4-7H,1-3H3,(H,15,16,19). The van der Waals surface area contributed by atoms with Gasteiger partial charge in [-0.1, -0.05) is 6.07 Å². The summed E-state index contributed by atoms with van der Waals surface area (Å²) >= 11 is 0. The number of aryl methyl sites for hydroxylation is 2. The van der Waals surface area contributed by atoms with E-state index in [1.165, 1.54) is 6.33 Å². The van der Waals surface area contributed by atoms with Crippen LogP contribution in [0.4, 0.5) is 0 Å². The van der Waals surface area contributed by atoms with Gasteiger partial charge in [-0.25, -0.2) is 4.98 Å². The van der Waals surface area contributed by atoms with Gasteiger partial charge in [-0.3, -0.25) is 9.48 Å². The molecule has 0 fully saturated rings. The summed E-state index contributed by atoms with van der Waals surface area (Å²) in [6.07, 6.45) is 1.42. The van der Waals surface area contributed by atoms with E-state index in [0.29, 0.717) is 10.9 Å². The molecule has 96 valence electrons. The van der Waals surface area contributed by atoms with Crippen molar-refractivity contribution in [3.63, 3.8) is 0 Å². The topological polar surface area (TPSA) is 63.6 Å². The van der Waals surface area contributed by atoms with E-state index in [0.717, 1.165) is 22.5 Å². The Bertz CT molecular complexity index is 829. The SMILES string of the molecule is Cc1nn(C)c(C)c1-c1ccc2nc[nH]c(=O)c2c1. The van der Waals surface area contributed by atoms with Crippen molar-refractivity contribution in [1.82, 2.24) is 19.7 Å². The van der Waals surface area contributed by atoms with Crippen molar-refractivity contribution in [3.05, 3.63) is 46.3 Å². The van der Waals surface area contributed by atoms with Crippen molar-refractivity contribution in [3.8, 4) is 11.1 Å². The summed E-state index contributed by atoms with van der Waals surface area (Å²) in [7, 11) is 1.92. The highest BCUT2D eigenvalue weighted by Gasteiger charge is 2.12. The Balaban J connectivity index is 2.32. The van der Waals surface area contributed by atoms with Gasteiger partial charge in [0.2, 0.25) is 0 Å². The van der Waals surface area contributed by atoms with E-state index in [-0.39, 0.29) is 5.56 Å². The fourth-order valence-electron chi connectivity index (χ4n) is 2.42. The summed E-state index contributed by atoms with van der Waals surface area (Å²) in [6, 6.07) is 5.72. The maximum absolute atomic E-state index is 11.8. The second kappa shape index (κ2) is 4.05. The minimum absolute atomic E-state index is 0.119. The molecule has 3 rings (SSSR count). The molecule has 1 N–H and O–H groups in total. The third kappa shape index (κ3) is 1.74. The van der Waals surface area contributed by atoms with Crippen LogP contribution in [-0.4, -0.2) is 19.7 Å². The number of hydrogen-bond donors (Lipinski definition) is 1. The van der Waals surface area contributed by atoms with Gasteiger partial charge in [-0.2, -0.15) is 5.10 Å². The van der Waals surface area contributed by atoms with Crippen molar-refractivity contribution in [2.45, 2.75) is 13.8 Å². The van der Waals surface area contributed by atoms with E-state index in [2.05, 4.69) is 15.1 Å². The zero-order valence-electron chi connectivity index (χ0n) is 11.1. The minimum Gasteiger partial charge on any atom is -0.313 e. The molecular weight excluding hydrogens is 240 g/mol. The first-order valence-electron chi connectivity index (χ1n) is 6.06. The molecule has 1 aromatic carbocycles. The molecule has 0 radical (unpaired) electrons. The number of nitrogens with zero attached hydrogens (tertiary/aromatic N) is 3. The van der Waals surface area contributed by atoms with Crippen LogP contribution >= 0.6 is 0 Å². The first-order chi connectivity index (χ1) is 9.08. The van der Waals surface area contributed by atoms with E-state index in [9.17, 15) is 4.79 Å². The molecule has 2 heterocycles. The number of nitrogens with one attached hydrogen (secondary N) is 1. The maximum atomic E-state index is 11.8. The molecule has 5 nitrogen and oxygen atoms in total.